The fraction of sp³-hybridized carbons (Fsp3) is 0.417. The summed E-state index contributed by atoms with van der Waals surface area (Å²) in [6.07, 6.45) is 0.919. The maximum atomic E-state index is 12.9. The van der Waals surface area contributed by atoms with Gasteiger partial charge in [-0.3, -0.25) is 4.79 Å². The van der Waals surface area contributed by atoms with Gasteiger partial charge in [0, 0.05) is 11.8 Å². The molecule has 94 valence electrons. The van der Waals surface area contributed by atoms with E-state index in [2.05, 4.69) is 10.6 Å². The Morgan fingerprint density at radius 1 is 1.35 bits per heavy atom. The molecular weight excluding hydrogens is 226 g/mol. The van der Waals surface area contributed by atoms with Crippen LogP contribution in [0, 0.1) is 11.6 Å². The van der Waals surface area contributed by atoms with E-state index in [1.807, 2.05) is 6.92 Å². The Morgan fingerprint density at radius 3 is 2.65 bits per heavy atom. The molecule has 0 spiro atoms. The van der Waals surface area contributed by atoms with Gasteiger partial charge in [-0.2, -0.15) is 0 Å². The molecule has 1 amide bonds. The average Bonchev–Trinajstić information content (AvgIpc) is 2.30. The Balaban J connectivity index is 2.58. The number of hydrogen-bond acceptors (Lipinski definition) is 2. The lowest BCUT2D eigenvalue weighted by molar-refractivity contribution is -0.117. The number of nitrogens with one attached hydrogen (secondary N) is 2. The van der Waals surface area contributed by atoms with Crippen LogP contribution < -0.4 is 10.6 Å². The molecule has 0 aliphatic heterocycles. The number of carbonyl (C=O) groups excluding carboxylic acids is 1. The Hall–Kier alpha value is -1.49. The molecule has 2 N–H and O–H groups in total. The molecule has 0 radical (unpaired) electrons. The quantitative estimate of drug-likeness (QED) is 0.831. The van der Waals surface area contributed by atoms with Crippen molar-refractivity contribution in [3.8, 4) is 0 Å². The average molecular weight is 242 g/mol. The first-order valence-corrected chi connectivity index (χ1v) is 5.54. The van der Waals surface area contributed by atoms with Gasteiger partial charge in [0.2, 0.25) is 5.91 Å². The second-order valence-electron chi connectivity index (χ2n) is 3.79. The number of amides is 1. The van der Waals surface area contributed by atoms with Gasteiger partial charge < -0.3 is 10.6 Å². The molecular formula is C12H16F2N2O. The van der Waals surface area contributed by atoms with Crippen LogP contribution in [-0.2, 0) is 4.79 Å². The lowest BCUT2D eigenvalue weighted by Crippen LogP contribution is -2.38. The van der Waals surface area contributed by atoms with E-state index in [9.17, 15) is 13.6 Å². The van der Waals surface area contributed by atoms with Gasteiger partial charge in [0.15, 0.2) is 11.6 Å². The van der Waals surface area contributed by atoms with Gasteiger partial charge in [-0.1, -0.05) is 6.92 Å². The molecule has 0 bridgehead atoms. The van der Waals surface area contributed by atoms with Gasteiger partial charge in [-0.05, 0) is 32.0 Å². The van der Waals surface area contributed by atoms with Crippen LogP contribution in [0.1, 0.15) is 20.3 Å². The third-order valence-electron chi connectivity index (χ3n) is 2.28. The highest BCUT2D eigenvalue weighted by Gasteiger charge is 2.12. The van der Waals surface area contributed by atoms with E-state index in [-0.39, 0.29) is 17.6 Å². The summed E-state index contributed by atoms with van der Waals surface area (Å²) in [6, 6.07) is 2.89. The first-order valence-electron chi connectivity index (χ1n) is 5.54. The van der Waals surface area contributed by atoms with Gasteiger partial charge in [0.25, 0.3) is 0 Å². The molecule has 0 saturated heterocycles. The molecule has 1 atom stereocenters. The van der Waals surface area contributed by atoms with Crippen molar-refractivity contribution >= 4 is 11.6 Å². The first-order chi connectivity index (χ1) is 8.04. The summed E-state index contributed by atoms with van der Waals surface area (Å²) in [7, 11) is 0. The normalized spacial score (nSPS) is 12.2. The monoisotopic (exact) mass is 242 g/mol. The van der Waals surface area contributed by atoms with E-state index in [0.29, 0.717) is 0 Å². The number of hydrogen-bond donors (Lipinski definition) is 2. The standard InChI is InChI=1S/C12H16F2N2O/c1-3-6-15-8(2)12(17)16-9-4-5-10(13)11(14)7-9/h4-5,7-8,15H,3,6H2,1-2H3,(H,16,17). The molecule has 17 heavy (non-hydrogen) atoms. The van der Waals surface area contributed by atoms with Crippen LogP contribution in [0.15, 0.2) is 18.2 Å². The minimum atomic E-state index is -0.975. The van der Waals surface area contributed by atoms with Crippen LogP contribution in [-0.4, -0.2) is 18.5 Å². The summed E-state index contributed by atoms with van der Waals surface area (Å²) in [5.41, 5.74) is 0.249. The lowest BCUT2D eigenvalue weighted by atomic mass is 10.2. The highest BCUT2D eigenvalue weighted by Crippen LogP contribution is 2.13. The molecule has 1 aromatic rings. The lowest BCUT2D eigenvalue weighted by Gasteiger charge is -2.13. The van der Waals surface area contributed by atoms with Crippen molar-refractivity contribution in [1.82, 2.24) is 5.32 Å². The van der Waals surface area contributed by atoms with Gasteiger partial charge in [0.05, 0.1) is 6.04 Å². The molecule has 1 rings (SSSR count). The van der Waals surface area contributed by atoms with Crippen LogP contribution in [0.4, 0.5) is 14.5 Å². The topological polar surface area (TPSA) is 41.1 Å². The molecule has 0 heterocycles. The fourth-order valence-electron chi connectivity index (χ4n) is 1.28. The van der Waals surface area contributed by atoms with E-state index in [1.165, 1.54) is 6.07 Å². The number of carbonyl (C=O) groups is 1. The van der Waals surface area contributed by atoms with Crippen LogP contribution in [0.3, 0.4) is 0 Å². The van der Waals surface area contributed by atoms with Crippen molar-refractivity contribution in [3.63, 3.8) is 0 Å². The van der Waals surface area contributed by atoms with Crippen LogP contribution in [0.5, 0.6) is 0 Å². The van der Waals surface area contributed by atoms with Crippen molar-refractivity contribution in [3.05, 3.63) is 29.8 Å². The Kier molecular flexibility index (Phi) is 5.03. The molecule has 3 nitrogen and oxygen atoms in total. The highest BCUT2D eigenvalue weighted by atomic mass is 19.2. The zero-order valence-corrected chi connectivity index (χ0v) is 9.89. The first kappa shape index (κ1) is 13.6. The van der Waals surface area contributed by atoms with Gasteiger partial charge in [0.1, 0.15) is 0 Å². The van der Waals surface area contributed by atoms with Crippen molar-refractivity contribution in [2.24, 2.45) is 0 Å². The van der Waals surface area contributed by atoms with Crippen molar-refractivity contribution < 1.29 is 13.6 Å². The molecule has 0 aromatic heterocycles. The number of anilines is 1. The van der Waals surface area contributed by atoms with Crippen LogP contribution >= 0.6 is 0 Å². The molecule has 0 saturated carbocycles. The third-order valence-corrected chi connectivity index (χ3v) is 2.28. The van der Waals surface area contributed by atoms with Crippen molar-refractivity contribution in [2.45, 2.75) is 26.3 Å². The Bertz CT molecular complexity index is 396. The van der Waals surface area contributed by atoms with Gasteiger partial charge in [-0.25, -0.2) is 8.78 Å². The molecule has 1 unspecified atom stereocenters. The van der Waals surface area contributed by atoms with E-state index in [1.54, 1.807) is 6.92 Å². The van der Waals surface area contributed by atoms with Crippen molar-refractivity contribution in [1.29, 1.82) is 0 Å². The van der Waals surface area contributed by atoms with Gasteiger partial charge in [-0.15, -0.1) is 0 Å². The third kappa shape index (κ3) is 4.11. The molecule has 0 aliphatic rings. The smallest absolute Gasteiger partial charge is 0.241 e. The van der Waals surface area contributed by atoms with Crippen LogP contribution in [0.2, 0.25) is 0 Å². The minimum absolute atomic E-state index is 0.249. The molecule has 0 fully saturated rings. The molecule has 0 aliphatic carbocycles. The fourth-order valence-corrected chi connectivity index (χ4v) is 1.28. The zero-order valence-electron chi connectivity index (χ0n) is 9.89. The number of rotatable bonds is 5. The largest absolute Gasteiger partial charge is 0.325 e. The molecule has 5 heteroatoms. The summed E-state index contributed by atoms with van der Waals surface area (Å²) >= 11 is 0. The SMILES string of the molecule is CCCNC(C)C(=O)Nc1ccc(F)c(F)c1. The maximum Gasteiger partial charge on any atom is 0.241 e. The predicted octanol–water partition coefficient (Wildman–Crippen LogP) is 2.29. The van der Waals surface area contributed by atoms with Crippen molar-refractivity contribution in [2.75, 3.05) is 11.9 Å². The summed E-state index contributed by atoms with van der Waals surface area (Å²) in [4.78, 5) is 11.6. The Labute approximate surface area is 99.2 Å². The number of benzene rings is 1. The second-order valence-corrected chi connectivity index (χ2v) is 3.79. The zero-order chi connectivity index (χ0) is 12.8. The maximum absolute atomic E-state index is 12.9. The van der Waals surface area contributed by atoms with E-state index >= 15 is 0 Å². The summed E-state index contributed by atoms with van der Waals surface area (Å²) < 4.78 is 25.6. The molecule has 1 aromatic carbocycles. The van der Waals surface area contributed by atoms with E-state index in [0.717, 1.165) is 25.1 Å². The van der Waals surface area contributed by atoms with E-state index in [4.69, 9.17) is 0 Å². The predicted molar refractivity (Wildman–Crippen MR) is 62.7 cm³/mol. The Morgan fingerprint density at radius 2 is 2.06 bits per heavy atom. The summed E-state index contributed by atoms with van der Waals surface area (Å²) in [6.45, 7) is 4.43. The minimum Gasteiger partial charge on any atom is -0.325 e. The van der Waals surface area contributed by atoms with Gasteiger partial charge >= 0.3 is 0 Å². The van der Waals surface area contributed by atoms with E-state index < -0.39 is 11.6 Å². The summed E-state index contributed by atoms with van der Waals surface area (Å²) in [5, 5.41) is 5.51. The number of halogens is 2. The van der Waals surface area contributed by atoms with Crippen LogP contribution in [0.25, 0.3) is 0 Å². The highest BCUT2D eigenvalue weighted by molar-refractivity contribution is 5.94. The second kappa shape index (κ2) is 6.30. The summed E-state index contributed by atoms with van der Waals surface area (Å²) in [5.74, 6) is -2.18.